The molecule has 0 saturated carbocycles. The molecule has 4 rings (SSSR count). The van der Waals surface area contributed by atoms with Gasteiger partial charge in [-0.05, 0) is 43.1 Å². The quantitative estimate of drug-likeness (QED) is 0.798. The summed E-state index contributed by atoms with van der Waals surface area (Å²) >= 11 is 1.53. The molecule has 2 aliphatic heterocycles. The highest BCUT2D eigenvalue weighted by Crippen LogP contribution is 2.20. The number of piperazine rings is 2. The number of carbonyl (C=O) groups excluding carboxylic acids is 1. The molecule has 8 heteroatoms. The Balaban J connectivity index is 1.33. The van der Waals surface area contributed by atoms with Crippen LogP contribution >= 0.6 is 11.3 Å². The third kappa shape index (κ3) is 4.06. The molecule has 0 spiro atoms. The first-order valence-corrected chi connectivity index (χ1v) is 10.3. The normalized spacial score (nSPS) is 18.8. The van der Waals surface area contributed by atoms with Gasteiger partial charge in [0.15, 0.2) is 11.6 Å². The highest BCUT2D eigenvalue weighted by molar-refractivity contribution is 7.12. The number of hydrogen-bond donors (Lipinski definition) is 0. The van der Waals surface area contributed by atoms with E-state index in [1.54, 1.807) is 0 Å². The van der Waals surface area contributed by atoms with Crippen LogP contribution in [-0.4, -0.2) is 85.3 Å². The highest BCUT2D eigenvalue weighted by Gasteiger charge is 2.24. The van der Waals surface area contributed by atoms with Gasteiger partial charge in [-0.25, -0.2) is 0 Å². The van der Waals surface area contributed by atoms with Crippen molar-refractivity contribution in [3.8, 4) is 0 Å². The summed E-state index contributed by atoms with van der Waals surface area (Å²) in [6.07, 6.45) is 0. The predicted molar refractivity (Wildman–Crippen MR) is 109 cm³/mol. The molecule has 4 heterocycles. The molecule has 0 N–H and O–H groups in total. The molecule has 2 aliphatic rings. The minimum atomic E-state index is 0.143. The van der Waals surface area contributed by atoms with Gasteiger partial charge in [0.25, 0.3) is 5.91 Å². The summed E-state index contributed by atoms with van der Waals surface area (Å²) in [5, 5.41) is 10.9. The van der Waals surface area contributed by atoms with Gasteiger partial charge in [-0.3, -0.25) is 4.79 Å². The zero-order valence-corrected chi connectivity index (χ0v) is 16.8. The second-order valence-corrected chi connectivity index (χ2v) is 8.22. The van der Waals surface area contributed by atoms with E-state index < -0.39 is 0 Å². The SMILES string of the molecule is Cc1csc(C(=O)N2CCN(c3ccc(N4CCN(C)CC4)nn3)CC2)c1. The van der Waals surface area contributed by atoms with Gasteiger partial charge in [0.2, 0.25) is 0 Å². The Labute approximate surface area is 164 Å². The minimum absolute atomic E-state index is 0.143. The van der Waals surface area contributed by atoms with Crippen LogP contribution in [0.2, 0.25) is 0 Å². The summed E-state index contributed by atoms with van der Waals surface area (Å²) in [5.41, 5.74) is 1.15. The smallest absolute Gasteiger partial charge is 0.264 e. The van der Waals surface area contributed by atoms with E-state index in [1.165, 1.54) is 11.3 Å². The summed E-state index contributed by atoms with van der Waals surface area (Å²) < 4.78 is 0. The fraction of sp³-hybridized carbons (Fsp3) is 0.526. The molecule has 0 unspecified atom stereocenters. The van der Waals surface area contributed by atoms with Crippen molar-refractivity contribution >= 4 is 28.9 Å². The standard InChI is InChI=1S/C19H26N6OS/c1-15-13-16(27-14-15)19(26)25-11-9-24(10-12-25)18-4-3-17(20-21-18)23-7-5-22(2)6-8-23/h3-4,13-14H,5-12H2,1-2H3. The number of anilines is 2. The molecule has 0 aromatic carbocycles. The first-order valence-electron chi connectivity index (χ1n) is 9.47. The summed E-state index contributed by atoms with van der Waals surface area (Å²) in [5.74, 6) is 1.99. The van der Waals surface area contributed by atoms with Crippen LogP contribution in [-0.2, 0) is 0 Å². The number of amides is 1. The van der Waals surface area contributed by atoms with Gasteiger partial charge in [0, 0.05) is 52.4 Å². The van der Waals surface area contributed by atoms with Crippen LogP contribution in [0.4, 0.5) is 11.6 Å². The van der Waals surface area contributed by atoms with Crippen molar-refractivity contribution < 1.29 is 4.79 Å². The average molecular weight is 387 g/mol. The van der Waals surface area contributed by atoms with E-state index in [1.807, 2.05) is 23.3 Å². The fourth-order valence-corrected chi connectivity index (χ4v) is 4.39. The highest BCUT2D eigenvalue weighted by atomic mass is 32.1. The Morgan fingerprint density at radius 1 is 0.926 bits per heavy atom. The monoisotopic (exact) mass is 386 g/mol. The summed E-state index contributed by atoms with van der Waals surface area (Å²) in [4.78, 5) is 22.2. The molecule has 0 radical (unpaired) electrons. The second kappa shape index (κ2) is 7.82. The van der Waals surface area contributed by atoms with Crippen molar-refractivity contribution in [2.75, 3.05) is 69.2 Å². The lowest BCUT2D eigenvalue weighted by atomic mass is 10.2. The molecule has 27 heavy (non-hydrogen) atoms. The van der Waals surface area contributed by atoms with E-state index >= 15 is 0 Å². The predicted octanol–water partition coefficient (Wildman–Crippen LogP) is 1.56. The van der Waals surface area contributed by atoms with Crippen LogP contribution in [0.3, 0.4) is 0 Å². The number of thiophene rings is 1. The molecule has 0 aliphatic carbocycles. The van der Waals surface area contributed by atoms with E-state index in [0.717, 1.165) is 74.4 Å². The van der Waals surface area contributed by atoms with E-state index in [0.29, 0.717) is 0 Å². The number of carbonyl (C=O) groups is 1. The van der Waals surface area contributed by atoms with Gasteiger partial charge in [0.1, 0.15) is 0 Å². The molecule has 0 atom stereocenters. The topological polar surface area (TPSA) is 55.8 Å². The molecule has 2 aromatic rings. The van der Waals surface area contributed by atoms with Crippen molar-refractivity contribution in [1.82, 2.24) is 20.0 Å². The Kier molecular flexibility index (Phi) is 5.27. The molecule has 2 aromatic heterocycles. The van der Waals surface area contributed by atoms with Gasteiger partial charge in [-0.15, -0.1) is 21.5 Å². The molecular weight excluding hydrogens is 360 g/mol. The van der Waals surface area contributed by atoms with E-state index in [4.69, 9.17) is 0 Å². The molecule has 1 amide bonds. The van der Waals surface area contributed by atoms with Crippen molar-refractivity contribution in [3.63, 3.8) is 0 Å². The Hall–Kier alpha value is -2.19. The van der Waals surface area contributed by atoms with Crippen molar-refractivity contribution in [1.29, 1.82) is 0 Å². The molecule has 7 nitrogen and oxygen atoms in total. The van der Waals surface area contributed by atoms with Crippen molar-refractivity contribution in [3.05, 3.63) is 34.0 Å². The number of likely N-dealkylation sites (N-methyl/N-ethyl adjacent to an activating group) is 1. The van der Waals surface area contributed by atoms with Gasteiger partial charge < -0.3 is 19.6 Å². The lowest BCUT2D eigenvalue weighted by Gasteiger charge is -2.35. The van der Waals surface area contributed by atoms with E-state index in [9.17, 15) is 4.79 Å². The molecule has 2 saturated heterocycles. The van der Waals surface area contributed by atoms with Gasteiger partial charge in [-0.2, -0.15) is 0 Å². The Morgan fingerprint density at radius 2 is 1.48 bits per heavy atom. The van der Waals surface area contributed by atoms with Gasteiger partial charge in [-0.1, -0.05) is 0 Å². The largest absolute Gasteiger partial charge is 0.353 e. The number of aromatic nitrogens is 2. The number of nitrogens with zero attached hydrogens (tertiary/aromatic N) is 6. The molecule has 2 fully saturated rings. The number of hydrogen-bond acceptors (Lipinski definition) is 7. The lowest BCUT2D eigenvalue weighted by Crippen LogP contribution is -2.49. The Morgan fingerprint density at radius 3 is 1.96 bits per heavy atom. The zero-order valence-electron chi connectivity index (χ0n) is 16.0. The third-order valence-electron chi connectivity index (χ3n) is 5.30. The molecule has 0 bridgehead atoms. The number of rotatable bonds is 3. The van der Waals surface area contributed by atoms with Crippen LogP contribution in [0.5, 0.6) is 0 Å². The van der Waals surface area contributed by atoms with Gasteiger partial charge in [0.05, 0.1) is 4.88 Å². The van der Waals surface area contributed by atoms with Gasteiger partial charge >= 0.3 is 0 Å². The average Bonchev–Trinajstić information content (AvgIpc) is 3.15. The van der Waals surface area contributed by atoms with Crippen LogP contribution in [0.1, 0.15) is 15.2 Å². The van der Waals surface area contributed by atoms with Crippen molar-refractivity contribution in [2.24, 2.45) is 0 Å². The van der Waals surface area contributed by atoms with E-state index in [2.05, 4.69) is 44.1 Å². The van der Waals surface area contributed by atoms with E-state index in [-0.39, 0.29) is 5.91 Å². The number of aryl methyl sites for hydroxylation is 1. The first-order chi connectivity index (χ1) is 13.1. The van der Waals surface area contributed by atoms with Crippen LogP contribution in [0.15, 0.2) is 23.6 Å². The second-order valence-electron chi connectivity index (χ2n) is 7.31. The maximum absolute atomic E-state index is 12.6. The van der Waals surface area contributed by atoms with Crippen LogP contribution in [0, 0.1) is 6.92 Å². The minimum Gasteiger partial charge on any atom is -0.353 e. The molecular formula is C19H26N6OS. The van der Waals surface area contributed by atoms with Crippen molar-refractivity contribution in [2.45, 2.75) is 6.92 Å². The van der Waals surface area contributed by atoms with Crippen LogP contribution < -0.4 is 9.80 Å². The third-order valence-corrected chi connectivity index (χ3v) is 6.33. The molecule has 144 valence electrons. The maximum atomic E-state index is 12.6. The zero-order chi connectivity index (χ0) is 18.8. The van der Waals surface area contributed by atoms with Crippen LogP contribution in [0.25, 0.3) is 0 Å². The summed E-state index contributed by atoms with van der Waals surface area (Å²) in [6.45, 7) is 9.15. The first kappa shape index (κ1) is 18.2. The summed E-state index contributed by atoms with van der Waals surface area (Å²) in [6, 6.07) is 6.10. The Bertz CT molecular complexity index is 776. The summed E-state index contributed by atoms with van der Waals surface area (Å²) in [7, 11) is 2.15. The maximum Gasteiger partial charge on any atom is 0.264 e. The lowest BCUT2D eigenvalue weighted by molar-refractivity contribution is 0.0751. The fourth-order valence-electron chi connectivity index (χ4n) is 3.53.